The first-order valence-corrected chi connectivity index (χ1v) is 10.2. The van der Waals surface area contributed by atoms with Gasteiger partial charge in [-0.25, -0.2) is 22.3 Å². The van der Waals surface area contributed by atoms with Crippen LogP contribution in [0, 0.1) is 5.82 Å². The minimum atomic E-state index is -3.46. The van der Waals surface area contributed by atoms with Crippen LogP contribution in [0.5, 0.6) is 0 Å². The highest BCUT2D eigenvalue weighted by atomic mass is 32.2. The fourth-order valence-corrected chi connectivity index (χ4v) is 4.51. The summed E-state index contributed by atoms with van der Waals surface area (Å²) in [4.78, 5) is 12.9. The van der Waals surface area contributed by atoms with E-state index >= 15 is 0 Å². The first-order chi connectivity index (χ1) is 13.0. The van der Waals surface area contributed by atoms with Gasteiger partial charge in [-0.3, -0.25) is 4.57 Å². The minimum absolute atomic E-state index is 0.213. The maximum absolute atomic E-state index is 13.9. The topological polar surface area (TPSA) is 77.4 Å². The van der Waals surface area contributed by atoms with Crippen LogP contribution in [-0.4, -0.2) is 24.7 Å². The summed E-state index contributed by atoms with van der Waals surface area (Å²) in [5, 5.41) is 0.668. The Kier molecular flexibility index (Phi) is 4.09. The van der Waals surface area contributed by atoms with Gasteiger partial charge in [-0.1, -0.05) is 6.07 Å². The Morgan fingerprint density at radius 3 is 2.64 bits per heavy atom. The van der Waals surface area contributed by atoms with Crippen molar-refractivity contribution in [3.05, 3.63) is 54.0 Å². The highest BCUT2D eigenvalue weighted by Gasteiger charge is 2.27. The molecular formula is C20H19FN2O4S. The van der Waals surface area contributed by atoms with Gasteiger partial charge in [0, 0.05) is 23.7 Å². The highest BCUT2D eigenvalue weighted by Crippen LogP contribution is 2.34. The number of nitrogens with one attached hydrogen (secondary N) is 1. The molecule has 0 fully saturated rings. The molecule has 2 aromatic carbocycles. The Morgan fingerprint density at radius 1 is 1.18 bits per heavy atom. The molecule has 0 atom stereocenters. The molecule has 1 aliphatic heterocycles. The first-order valence-electron chi connectivity index (χ1n) is 8.72. The van der Waals surface area contributed by atoms with E-state index in [1.807, 2.05) is 0 Å². The van der Waals surface area contributed by atoms with Crippen LogP contribution in [0.4, 0.5) is 9.18 Å². The van der Waals surface area contributed by atoms with Crippen LogP contribution < -0.4 is 4.72 Å². The van der Waals surface area contributed by atoms with E-state index in [1.54, 1.807) is 51.2 Å². The quantitative estimate of drug-likeness (QED) is 0.667. The molecule has 1 aromatic heterocycles. The van der Waals surface area contributed by atoms with Gasteiger partial charge >= 0.3 is 6.09 Å². The van der Waals surface area contributed by atoms with Crippen molar-refractivity contribution in [1.82, 2.24) is 9.29 Å². The molecule has 8 heteroatoms. The zero-order valence-corrected chi connectivity index (χ0v) is 16.4. The Labute approximate surface area is 162 Å². The van der Waals surface area contributed by atoms with E-state index in [4.69, 9.17) is 4.74 Å². The van der Waals surface area contributed by atoms with Gasteiger partial charge in [0.1, 0.15) is 11.4 Å². The molecule has 0 aliphatic carbocycles. The minimum Gasteiger partial charge on any atom is -0.443 e. The molecule has 0 saturated heterocycles. The third-order valence-corrected chi connectivity index (χ3v) is 5.97. The van der Waals surface area contributed by atoms with Crippen molar-refractivity contribution in [3.8, 4) is 11.1 Å². The number of aromatic nitrogens is 1. The molecule has 28 heavy (non-hydrogen) atoms. The maximum Gasteiger partial charge on any atom is 0.419 e. The van der Waals surface area contributed by atoms with Crippen molar-refractivity contribution < 1.29 is 22.3 Å². The molecule has 1 aliphatic rings. The van der Waals surface area contributed by atoms with Crippen molar-refractivity contribution in [2.45, 2.75) is 37.8 Å². The number of sulfonamides is 1. The molecule has 0 bridgehead atoms. The lowest BCUT2D eigenvalue weighted by atomic mass is 10.0. The van der Waals surface area contributed by atoms with Crippen molar-refractivity contribution >= 4 is 27.0 Å². The van der Waals surface area contributed by atoms with Crippen molar-refractivity contribution in [2.24, 2.45) is 0 Å². The standard InChI is InChI=1S/C20H19FN2O4S/c1-20(2,3)27-19(24)23-11-16(15-6-5-14(21)9-17(15)23)12-4-7-18-13(8-12)10-22-28(18,25)26/h4-9,11,22H,10H2,1-3H3. The molecule has 1 N–H and O–H groups in total. The summed E-state index contributed by atoms with van der Waals surface area (Å²) in [6, 6.07) is 9.20. The number of rotatable bonds is 1. The van der Waals surface area contributed by atoms with E-state index in [2.05, 4.69) is 4.72 Å². The lowest BCUT2D eigenvalue weighted by Gasteiger charge is -2.19. The molecule has 6 nitrogen and oxygen atoms in total. The van der Waals surface area contributed by atoms with Crippen LogP contribution >= 0.6 is 0 Å². The smallest absolute Gasteiger partial charge is 0.419 e. The number of nitrogens with zero attached hydrogens (tertiary/aromatic N) is 1. The van der Waals surface area contributed by atoms with Gasteiger partial charge in [-0.2, -0.15) is 0 Å². The fourth-order valence-electron chi connectivity index (χ4n) is 3.29. The summed E-state index contributed by atoms with van der Waals surface area (Å²) >= 11 is 0. The summed E-state index contributed by atoms with van der Waals surface area (Å²) < 4.78 is 47.0. The molecular weight excluding hydrogens is 383 g/mol. The number of halogens is 1. The SMILES string of the molecule is CC(C)(C)OC(=O)n1cc(-c2ccc3c(c2)CNS3(=O)=O)c2ccc(F)cc21. The van der Waals surface area contributed by atoms with Crippen LogP contribution in [0.25, 0.3) is 22.0 Å². The highest BCUT2D eigenvalue weighted by molar-refractivity contribution is 7.89. The molecule has 4 rings (SSSR count). The van der Waals surface area contributed by atoms with Crippen LogP contribution in [0.1, 0.15) is 26.3 Å². The van der Waals surface area contributed by atoms with Gasteiger partial charge in [-0.15, -0.1) is 0 Å². The lowest BCUT2D eigenvalue weighted by Crippen LogP contribution is -2.26. The maximum atomic E-state index is 13.9. The fraction of sp³-hybridized carbons (Fsp3) is 0.250. The summed E-state index contributed by atoms with van der Waals surface area (Å²) in [5.74, 6) is -0.466. The Bertz CT molecular complexity index is 1220. The first kappa shape index (κ1) is 18.6. The van der Waals surface area contributed by atoms with Gasteiger partial charge in [0.15, 0.2) is 0 Å². The molecule has 0 amide bonds. The van der Waals surface area contributed by atoms with Gasteiger partial charge in [0.05, 0.1) is 10.4 Å². The Balaban J connectivity index is 1.88. The number of carbonyl (C=O) groups excluding carboxylic acids is 1. The van der Waals surface area contributed by atoms with Gasteiger partial charge in [0.25, 0.3) is 0 Å². The normalized spacial score (nSPS) is 15.6. The van der Waals surface area contributed by atoms with Crippen LogP contribution in [0.15, 0.2) is 47.5 Å². The van der Waals surface area contributed by atoms with E-state index in [0.717, 1.165) is 5.56 Å². The summed E-state index contributed by atoms with van der Waals surface area (Å²) in [7, 11) is -3.46. The summed E-state index contributed by atoms with van der Waals surface area (Å²) in [6.07, 6.45) is 0.983. The Hall–Kier alpha value is -2.71. The number of hydrogen-bond acceptors (Lipinski definition) is 4. The summed E-state index contributed by atoms with van der Waals surface area (Å²) in [6.45, 7) is 5.48. The van der Waals surface area contributed by atoms with Crippen molar-refractivity contribution in [2.75, 3.05) is 0 Å². The molecule has 0 saturated carbocycles. The van der Waals surface area contributed by atoms with E-state index < -0.39 is 27.5 Å². The van der Waals surface area contributed by atoms with Crippen LogP contribution in [0.2, 0.25) is 0 Å². The van der Waals surface area contributed by atoms with Gasteiger partial charge < -0.3 is 4.74 Å². The van der Waals surface area contributed by atoms with Crippen LogP contribution in [0.3, 0.4) is 0 Å². The molecule has 0 unspecified atom stereocenters. The molecule has 3 aromatic rings. The monoisotopic (exact) mass is 402 g/mol. The predicted octanol–water partition coefficient (Wildman–Crippen LogP) is 4.02. The number of ether oxygens (including phenoxy) is 1. The number of hydrogen-bond donors (Lipinski definition) is 1. The average Bonchev–Trinajstić information content (AvgIpc) is 3.11. The third kappa shape index (κ3) is 3.18. The number of fused-ring (bicyclic) bond motifs is 2. The van der Waals surface area contributed by atoms with E-state index in [0.29, 0.717) is 22.0 Å². The second-order valence-corrected chi connectivity index (χ2v) is 9.44. The molecule has 2 heterocycles. The van der Waals surface area contributed by atoms with Crippen molar-refractivity contribution in [1.29, 1.82) is 0 Å². The second-order valence-electron chi connectivity index (χ2n) is 7.70. The largest absolute Gasteiger partial charge is 0.443 e. The van der Waals surface area contributed by atoms with E-state index in [1.165, 1.54) is 16.7 Å². The number of benzene rings is 2. The van der Waals surface area contributed by atoms with E-state index in [9.17, 15) is 17.6 Å². The number of carbonyl (C=O) groups is 1. The zero-order valence-electron chi connectivity index (χ0n) is 15.6. The summed E-state index contributed by atoms with van der Waals surface area (Å²) in [5.41, 5.74) is 1.76. The molecule has 146 valence electrons. The molecule has 0 radical (unpaired) electrons. The van der Waals surface area contributed by atoms with E-state index in [-0.39, 0.29) is 11.4 Å². The molecule has 0 spiro atoms. The van der Waals surface area contributed by atoms with Gasteiger partial charge in [-0.05, 0) is 62.2 Å². The second kappa shape index (κ2) is 6.15. The zero-order chi connectivity index (χ0) is 20.3. The van der Waals surface area contributed by atoms with Crippen molar-refractivity contribution in [3.63, 3.8) is 0 Å². The lowest BCUT2D eigenvalue weighted by molar-refractivity contribution is 0.0544. The third-order valence-electron chi connectivity index (χ3n) is 4.47. The average molecular weight is 402 g/mol. The van der Waals surface area contributed by atoms with Crippen LogP contribution in [-0.2, 0) is 21.3 Å². The Morgan fingerprint density at radius 2 is 1.93 bits per heavy atom. The predicted molar refractivity (Wildman–Crippen MR) is 103 cm³/mol. The van der Waals surface area contributed by atoms with Gasteiger partial charge in [0.2, 0.25) is 10.0 Å².